The summed E-state index contributed by atoms with van der Waals surface area (Å²) < 4.78 is 16.2. The number of carbonyl (C=O) groups excluding carboxylic acids is 2. The summed E-state index contributed by atoms with van der Waals surface area (Å²) in [6.07, 6.45) is -0.632. The molecule has 0 unspecified atom stereocenters. The van der Waals surface area contributed by atoms with Gasteiger partial charge in [-0.2, -0.15) is 0 Å². The van der Waals surface area contributed by atoms with Crippen molar-refractivity contribution in [3.05, 3.63) is 35.9 Å². The first kappa shape index (κ1) is 36.7. The number of carbonyl (C=O) groups is 2. The summed E-state index contributed by atoms with van der Waals surface area (Å²) in [7, 11) is 0. The minimum atomic E-state index is -1.77. The minimum absolute atomic E-state index is 0.0530. The van der Waals surface area contributed by atoms with Gasteiger partial charge < -0.3 is 39.7 Å². The van der Waals surface area contributed by atoms with Gasteiger partial charge in [-0.15, -0.1) is 0 Å². The van der Waals surface area contributed by atoms with Crippen LogP contribution in [0.3, 0.4) is 0 Å². The van der Waals surface area contributed by atoms with Gasteiger partial charge in [0.1, 0.15) is 24.9 Å². The predicted molar refractivity (Wildman–Crippen MR) is 179 cm³/mol. The topological polar surface area (TPSA) is 163 Å². The van der Waals surface area contributed by atoms with Crippen LogP contribution in [-0.2, 0) is 30.4 Å². The van der Waals surface area contributed by atoms with Gasteiger partial charge in [0.2, 0.25) is 6.29 Å². The lowest BCUT2D eigenvalue weighted by Gasteiger charge is -2.64. The number of aliphatic hydroxyl groups excluding tert-OH is 5. The fraction of sp³-hybridized carbons (Fsp3) is 0.795. The van der Waals surface area contributed by atoms with E-state index in [1.165, 1.54) is 0 Å². The zero-order valence-corrected chi connectivity index (χ0v) is 29.5. The highest BCUT2D eigenvalue weighted by molar-refractivity contribution is 5.76. The highest BCUT2D eigenvalue weighted by atomic mass is 16.7. The Bertz CT molecular complexity index is 1310. The van der Waals surface area contributed by atoms with Gasteiger partial charge in [-0.05, 0) is 109 Å². The molecule has 1 aromatic carbocycles. The number of ether oxygens (including phenoxy) is 3. The van der Waals surface area contributed by atoms with Crippen molar-refractivity contribution < 1.29 is 49.3 Å². The molecule has 5 N–H and O–H groups in total. The molecule has 0 radical (unpaired) electrons. The summed E-state index contributed by atoms with van der Waals surface area (Å²) in [5, 5.41) is 54.0. The van der Waals surface area contributed by atoms with Crippen molar-refractivity contribution in [2.24, 2.45) is 52.3 Å². The average Bonchev–Trinajstić information content (AvgIpc) is 3.45. The van der Waals surface area contributed by atoms with E-state index >= 15 is 0 Å². The van der Waals surface area contributed by atoms with Gasteiger partial charge in [-0.1, -0.05) is 64.4 Å². The number of aliphatic hydroxyl groups is 5. The van der Waals surface area contributed by atoms with E-state index in [9.17, 15) is 35.1 Å². The van der Waals surface area contributed by atoms with E-state index in [2.05, 4.69) is 27.7 Å². The normalized spacial score (nSPS) is 45.4. The van der Waals surface area contributed by atoms with Gasteiger partial charge in [-0.25, -0.2) is 4.79 Å². The largest absolute Gasteiger partial charge is 0.459 e. The van der Waals surface area contributed by atoms with Gasteiger partial charge in [0, 0.05) is 6.42 Å². The second kappa shape index (κ2) is 14.5. The molecule has 0 spiro atoms. The Labute approximate surface area is 290 Å². The van der Waals surface area contributed by atoms with E-state index in [0.29, 0.717) is 30.1 Å². The van der Waals surface area contributed by atoms with E-state index in [1.807, 2.05) is 6.07 Å². The van der Waals surface area contributed by atoms with Crippen molar-refractivity contribution in [2.75, 3.05) is 0 Å². The number of hydrogen-bond acceptors (Lipinski definition) is 10. The third kappa shape index (κ3) is 6.71. The lowest BCUT2D eigenvalue weighted by molar-refractivity contribution is -0.287. The second-order valence-corrected chi connectivity index (χ2v) is 16.6. The molecule has 16 atom stereocenters. The highest BCUT2D eigenvalue weighted by Gasteiger charge is 2.65. The molecule has 1 aliphatic heterocycles. The maximum Gasteiger partial charge on any atom is 0.338 e. The van der Waals surface area contributed by atoms with Crippen LogP contribution in [0, 0.1) is 52.3 Å². The Morgan fingerprint density at radius 1 is 0.878 bits per heavy atom. The van der Waals surface area contributed by atoms with Crippen LogP contribution >= 0.6 is 0 Å². The van der Waals surface area contributed by atoms with Gasteiger partial charge in [-0.3, -0.25) is 4.79 Å². The molecule has 10 nitrogen and oxygen atoms in total. The van der Waals surface area contributed by atoms with Gasteiger partial charge >= 0.3 is 11.9 Å². The van der Waals surface area contributed by atoms with E-state index < -0.39 is 42.6 Å². The fourth-order valence-electron chi connectivity index (χ4n) is 11.6. The standard InChI is InChI=1S/C39H58O10/c1-5-24-28-19-23(40)15-17-39(28,4)27-16-18-38(3)25(12-13-26(38)30(27)31(24)42)21(2)11-14-29(41)48-37-34(45)32(43)33(44)35(49-37)36(46)47-20-22-9-7-6-8-10-22/h6-10,21,23-28,30-35,37,40,42-45H,5,11-20H2,1-4H3/t21-,23-,24-,25-,26+,27+,28+,30+,31-,32+,33+,34-,35+,37-,38-,39-/m1/s1. The van der Waals surface area contributed by atoms with E-state index in [0.717, 1.165) is 56.9 Å². The first-order valence-corrected chi connectivity index (χ1v) is 18.8. The zero-order chi connectivity index (χ0) is 35.2. The lowest BCUT2D eigenvalue weighted by atomic mass is 9.41. The molecule has 5 aliphatic rings. The van der Waals surface area contributed by atoms with Crippen molar-refractivity contribution in [3.63, 3.8) is 0 Å². The van der Waals surface area contributed by atoms with Crippen LogP contribution in [0.1, 0.15) is 97.5 Å². The Morgan fingerprint density at radius 3 is 2.29 bits per heavy atom. The monoisotopic (exact) mass is 686 g/mol. The van der Waals surface area contributed by atoms with Crippen molar-refractivity contribution in [3.8, 4) is 0 Å². The quantitative estimate of drug-likeness (QED) is 0.239. The molecule has 10 heteroatoms. The molecule has 1 aromatic rings. The third-order valence-corrected chi connectivity index (χ3v) is 14.2. The number of esters is 2. The number of fused-ring (bicyclic) bond motifs is 5. The first-order valence-electron chi connectivity index (χ1n) is 18.8. The second-order valence-electron chi connectivity index (χ2n) is 16.6. The van der Waals surface area contributed by atoms with E-state index in [1.54, 1.807) is 24.3 Å². The molecule has 49 heavy (non-hydrogen) atoms. The summed E-state index contributed by atoms with van der Waals surface area (Å²) in [5.41, 5.74) is 0.922. The maximum absolute atomic E-state index is 13.1. The van der Waals surface area contributed by atoms with Crippen LogP contribution in [-0.4, -0.2) is 80.4 Å². The zero-order valence-electron chi connectivity index (χ0n) is 29.5. The molecule has 5 fully saturated rings. The van der Waals surface area contributed by atoms with Crippen LogP contribution in [0.15, 0.2) is 30.3 Å². The maximum atomic E-state index is 13.1. The SMILES string of the molecule is CC[C@H]1[C@@H](O)[C@@H]2[C@H](CC[C@]3(C)[C@@H]([C@H](C)CCC(=O)O[C@@H]4O[C@H](C(=O)OCc5ccccc5)[C@@H](O)[C@H](O)[C@H]4O)CC[C@@H]23)[C@@]2(C)CC[C@@H](O)C[C@@H]12. The molecular weight excluding hydrogens is 628 g/mol. The Morgan fingerprint density at radius 2 is 1.57 bits per heavy atom. The first-order chi connectivity index (χ1) is 23.3. The van der Waals surface area contributed by atoms with Crippen molar-refractivity contribution in [1.29, 1.82) is 0 Å². The molecule has 0 aromatic heterocycles. The highest BCUT2D eigenvalue weighted by Crippen LogP contribution is 2.69. The molecular formula is C39H58O10. The molecule has 0 amide bonds. The van der Waals surface area contributed by atoms with Gasteiger partial charge in [0.25, 0.3) is 0 Å². The summed E-state index contributed by atoms with van der Waals surface area (Å²) in [4.78, 5) is 25.8. The fourth-order valence-corrected chi connectivity index (χ4v) is 11.6. The van der Waals surface area contributed by atoms with Crippen molar-refractivity contribution in [2.45, 2.75) is 141 Å². The van der Waals surface area contributed by atoms with Crippen LogP contribution in [0.2, 0.25) is 0 Å². The number of hydrogen-bond donors (Lipinski definition) is 5. The van der Waals surface area contributed by atoms with Crippen LogP contribution in [0.4, 0.5) is 0 Å². The number of rotatable bonds is 9. The van der Waals surface area contributed by atoms with Crippen LogP contribution < -0.4 is 0 Å². The minimum Gasteiger partial charge on any atom is -0.459 e. The Hall–Kier alpha value is -2.08. The van der Waals surface area contributed by atoms with Crippen LogP contribution in [0.25, 0.3) is 0 Å². The van der Waals surface area contributed by atoms with E-state index in [4.69, 9.17) is 14.2 Å². The van der Waals surface area contributed by atoms with Crippen molar-refractivity contribution in [1.82, 2.24) is 0 Å². The average molecular weight is 687 g/mol. The Balaban J connectivity index is 1.06. The van der Waals surface area contributed by atoms with Gasteiger partial charge in [0.05, 0.1) is 12.2 Å². The summed E-state index contributed by atoms with van der Waals surface area (Å²) in [6, 6.07) is 8.96. The molecule has 1 heterocycles. The molecule has 1 saturated heterocycles. The van der Waals surface area contributed by atoms with Crippen molar-refractivity contribution >= 4 is 11.9 Å². The third-order valence-electron chi connectivity index (χ3n) is 14.2. The molecule has 274 valence electrons. The predicted octanol–water partition coefficient (Wildman–Crippen LogP) is 4.12. The van der Waals surface area contributed by atoms with Crippen LogP contribution in [0.5, 0.6) is 0 Å². The summed E-state index contributed by atoms with van der Waals surface area (Å²) >= 11 is 0. The molecule has 4 saturated carbocycles. The smallest absolute Gasteiger partial charge is 0.338 e. The molecule has 4 aliphatic carbocycles. The van der Waals surface area contributed by atoms with E-state index in [-0.39, 0.29) is 53.8 Å². The lowest BCUT2D eigenvalue weighted by Crippen LogP contribution is -2.62. The Kier molecular flexibility index (Phi) is 10.9. The van der Waals surface area contributed by atoms with Gasteiger partial charge in [0.15, 0.2) is 6.10 Å². The molecule has 0 bridgehead atoms. The molecule has 6 rings (SSSR count). The summed E-state index contributed by atoms with van der Waals surface area (Å²) in [6.45, 7) is 9.16. The number of benzene rings is 1. The summed E-state index contributed by atoms with van der Waals surface area (Å²) in [5.74, 6) is 0.723.